The molecule has 0 aromatic heterocycles. The largest absolute Gasteiger partial charge is 0.389 e. The van der Waals surface area contributed by atoms with Crippen LogP contribution in [0.4, 0.5) is 4.39 Å². The summed E-state index contributed by atoms with van der Waals surface area (Å²) in [5.41, 5.74) is 0.511. The van der Waals surface area contributed by atoms with E-state index in [9.17, 15) is 9.50 Å². The van der Waals surface area contributed by atoms with Gasteiger partial charge in [0.25, 0.3) is 0 Å². The van der Waals surface area contributed by atoms with Gasteiger partial charge < -0.3 is 20.1 Å². The Morgan fingerprint density at radius 1 is 1.33 bits per heavy atom. The highest BCUT2D eigenvalue weighted by Crippen LogP contribution is 2.07. The molecule has 0 bridgehead atoms. The summed E-state index contributed by atoms with van der Waals surface area (Å²) < 4.78 is 18.7. The van der Waals surface area contributed by atoms with Crippen LogP contribution in [0.25, 0.3) is 0 Å². The Morgan fingerprint density at radius 3 is 2.71 bits per heavy atom. The molecular weight excluding hydrogens is 271 g/mol. The molecule has 2 atom stereocenters. The zero-order valence-corrected chi connectivity index (χ0v) is 13.2. The zero-order chi connectivity index (χ0) is 15.7. The summed E-state index contributed by atoms with van der Waals surface area (Å²) in [4.78, 5) is 2.13. The Bertz CT molecular complexity index is 402. The number of nitrogens with one attached hydrogen (secondary N) is 1. The highest BCUT2D eigenvalue weighted by Gasteiger charge is 2.08. The predicted octanol–water partition coefficient (Wildman–Crippen LogP) is 1.63. The van der Waals surface area contributed by atoms with E-state index < -0.39 is 6.10 Å². The molecule has 2 unspecified atom stereocenters. The zero-order valence-electron chi connectivity index (χ0n) is 13.2. The van der Waals surface area contributed by atoms with E-state index in [2.05, 4.69) is 17.1 Å². The quantitative estimate of drug-likeness (QED) is 0.689. The molecular formula is C16H27FN2O2. The normalized spacial score (nSPS) is 14.4. The van der Waals surface area contributed by atoms with Crippen molar-refractivity contribution < 1.29 is 14.2 Å². The maximum Gasteiger partial charge on any atom is 0.128 e. The van der Waals surface area contributed by atoms with Gasteiger partial charge in [-0.05, 0) is 40.1 Å². The smallest absolute Gasteiger partial charge is 0.128 e. The lowest BCUT2D eigenvalue weighted by atomic mass is 10.2. The lowest BCUT2D eigenvalue weighted by Gasteiger charge is -2.19. The predicted molar refractivity (Wildman–Crippen MR) is 82.7 cm³/mol. The molecule has 0 aliphatic rings. The average Bonchev–Trinajstić information content (AvgIpc) is 2.45. The third-order valence-electron chi connectivity index (χ3n) is 3.24. The highest BCUT2D eigenvalue weighted by atomic mass is 19.1. The molecule has 0 fully saturated rings. The van der Waals surface area contributed by atoms with E-state index in [1.54, 1.807) is 18.2 Å². The fourth-order valence-electron chi connectivity index (χ4n) is 1.87. The van der Waals surface area contributed by atoms with Crippen LogP contribution in [-0.4, -0.2) is 55.9 Å². The van der Waals surface area contributed by atoms with E-state index in [1.807, 2.05) is 14.1 Å². The van der Waals surface area contributed by atoms with E-state index in [0.29, 0.717) is 18.2 Å². The van der Waals surface area contributed by atoms with E-state index in [1.165, 1.54) is 6.07 Å². The molecule has 5 heteroatoms. The van der Waals surface area contributed by atoms with Gasteiger partial charge in [-0.25, -0.2) is 4.39 Å². The van der Waals surface area contributed by atoms with E-state index in [0.717, 1.165) is 13.0 Å². The summed E-state index contributed by atoms with van der Waals surface area (Å²) in [6.07, 6.45) is 0.439. The van der Waals surface area contributed by atoms with Gasteiger partial charge in [0.05, 0.1) is 19.3 Å². The number of nitrogens with zero attached hydrogens (tertiary/aromatic N) is 1. The average molecular weight is 298 g/mol. The lowest BCUT2D eigenvalue weighted by molar-refractivity contribution is 0.0267. The number of hydrogen-bond acceptors (Lipinski definition) is 4. The molecule has 1 aromatic rings. The Kier molecular flexibility index (Phi) is 8.45. The second kappa shape index (κ2) is 9.84. The van der Waals surface area contributed by atoms with Crippen LogP contribution in [0.3, 0.4) is 0 Å². The van der Waals surface area contributed by atoms with E-state index in [4.69, 9.17) is 4.74 Å². The molecule has 0 heterocycles. The van der Waals surface area contributed by atoms with Crippen molar-refractivity contribution in [2.75, 3.05) is 33.8 Å². The Hall–Kier alpha value is -1.01. The SMILES string of the molecule is CC(CCN(C)C)NCC(O)COCc1ccccc1F. The molecule has 120 valence electrons. The molecule has 21 heavy (non-hydrogen) atoms. The van der Waals surface area contributed by atoms with E-state index >= 15 is 0 Å². The molecule has 0 radical (unpaired) electrons. The highest BCUT2D eigenvalue weighted by molar-refractivity contribution is 5.16. The first-order valence-corrected chi connectivity index (χ1v) is 7.36. The van der Waals surface area contributed by atoms with Crippen LogP contribution in [0.1, 0.15) is 18.9 Å². The Balaban J connectivity index is 2.14. The van der Waals surface area contributed by atoms with Crippen molar-refractivity contribution in [3.63, 3.8) is 0 Å². The van der Waals surface area contributed by atoms with Gasteiger partial charge in [-0.15, -0.1) is 0 Å². The monoisotopic (exact) mass is 298 g/mol. The summed E-state index contributed by atoms with van der Waals surface area (Å²) in [5.74, 6) is -0.276. The lowest BCUT2D eigenvalue weighted by Crippen LogP contribution is -2.37. The standard InChI is InChI=1S/C16H27FN2O2/c1-13(8-9-19(2)3)18-10-15(20)12-21-11-14-6-4-5-7-16(14)17/h4-7,13,15,18,20H,8-12H2,1-3H3. The van der Waals surface area contributed by atoms with Crippen molar-refractivity contribution >= 4 is 0 Å². The Morgan fingerprint density at radius 2 is 2.05 bits per heavy atom. The summed E-state index contributed by atoms with van der Waals surface area (Å²) in [6, 6.07) is 6.85. The third kappa shape index (κ3) is 8.12. The minimum absolute atomic E-state index is 0.180. The van der Waals surface area contributed by atoms with Crippen molar-refractivity contribution in [2.24, 2.45) is 0 Å². The molecule has 0 spiro atoms. The van der Waals surface area contributed by atoms with Crippen LogP contribution in [0.15, 0.2) is 24.3 Å². The van der Waals surface area contributed by atoms with Crippen LogP contribution < -0.4 is 5.32 Å². The summed E-state index contributed by atoms with van der Waals surface area (Å²) in [7, 11) is 4.08. The van der Waals surface area contributed by atoms with Crippen molar-refractivity contribution in [2.45, 2.75) is 32.1 Å². The van der Waals surface area contributed by atoms with Gasteiger partial charge in [-0.1, -0.05) is 18.2 Å². The van der Waals surface area contributed by atoms with Gasteiger partial charge >= 0.3 is 0 Å². The molecule has 0 saturated carbocycles. The molecule has 1 aromatic carbocycles. The number of rotatable bonds is 10. The number of aliphatic hydroxyl groups is 1. The van der Waals surface area contributed by atoms with Crippen LogP contribution in [0, 0.1) is 5.82 Å². The van der Waals surface area contributed by atoms with E-state index in [-0.39, 0.29) is 19.0 Å². The van der Waals surface area contributed by atoms with Gasteiger partial charge in [0.1, 0.15) is 5.82 Å². The Labute approximate surface area is 126 Å². The van der Waals surface area contributed by atoms with Gasteiger partial charge in [0.15, 0.2) is 0 Å². The van der Waals surface area contributed by atoms with Crippen molar-refractivity contribution in [3.8, 4) is 0 Å². The molecule has 0 aliphatic carbocycles. The fraction of sp³-hybridized carbons (Fsp3) is 0.625. The van der Waals surface area contributed by atoms with Crippen molar-refractivity contribution in [1.29, 1.82) is 0 Å². The summed E-state index contributed by atoms with van der Waals surface area (Å²) in [5, 5.41) is 13.1. The maximum absolute atomic E-state index is 13.4. The number of hydrogen-bond donors (Lipinski definition) is 2. The second-order valence-corrected chi connectivity index (χ2v) is 5.66. The van der Waals surface area contributed by atoms with Crippen LogP contribution in [-0.2, 0) is 11.3 Å². The first-order chi connectivity index (χ1) is 9.99. The van der Waals surface area contributed by atoms with Gasteiger partial charge in [-0.2, -0.15) is 0 Å². The first kappa shape index (κ1) is 18.0. The summed E-state index contributed by atoms with van der Waals surface area (Å²) in [6.45, 7) is 3.96. The molecule has 2 N–H and O–H groups in total. The minimum atomic E-state index is -0.585. The van der Waals surface area contributed by atoms with Crippen LogP contribution in [0.5, 0.6) is 0 Å². The second-order valence-electron chi connectivity index (χ2n) is 5.66. The number of benzene rings is 1. The molecule has 0 aliphatic heterocycles. The number of ether oxygens (including phenoxy) is 1. The first-order valence-electron chi connectivity index (χ1n) is 7.36. The maximum atomic E-state index is 13.4. The van der Waals surface area contributed by atoms with Gasteiger partial charge in [-0.3, -0.25) is 0 Å². The number of halogens is 1. The van der Waals surface area contributed by atoms with Crippen molar-refractivity contribution in [1.82, 2.24) is 10.2 Å². The fourth-order valence-corrected chi connectivity index (χ4v) is 1.87. The molecule has 1 rings (SSSR count). The third-order valence-corrected chi connectivity index (χ3v) is 3.24. The van der Waals surface area contributed by atoms with Crippen LogP contribution >= 0.6 is 0 Å². The van der Waals surface area contributed by atoms with Crippen LogP contribution in [0.2, 0.25) is 0 Å². The topological polar surface area (TPSA) is 44.7 Å². The van der Waals surface area contributed by atoms with Gasteiger partial charge in [0, 0.05) is 18.2 Å². The minimum Gasteiger partial charge on any atom is -0.389 e. The molecule has 0 amide bonds. The number of aliphatic hydroxyl groups excluding tert-OH is 1. The summed E-state index contributed by atoms with van der Waals surface area (Å²) >= 11 is 0. The van der Waals surface area contributed by atoms with Gasteiger partial charge in [0.2, 0.25) is 0 Å². The molecule has 4 nitrogen and oxygen atoms in total. The van der Waals surface area contributed by atoms with Crippen molar-refractivity contribution in [3.05, 3.63) is 35.6 Å². The molecule has 0 saturated heterocycles.